The molecule has 1 aromatic carbocycles. The zero-order valence-electron chi connectivity index (χ0n) is 10.9. The molecule has 20 heavy (non-hydrogen) atoms. The zero-order valence-corrected chi connectivity index (χ0v) is 12.4. The van der Waals surface area contributed by atoms with E-state index in [-0.39, 0.29) is 0 Å². The molecule has 3 aromatic rings. The highest BCUT2D eigenvalue weighted by molar-refractivity contribution is 6.31. The first-order valence-corrected chi connectivity index (χ1v) is 7.14. The van der Waals surface area contributed by atoms with Crippen LogP contribution in [0.15, 0.2) is 24.5 Å². The Morgan fingerprint density at radius 3 is 2.80 bits per heavy atom. The monoisotopic (exact) mass is 309 g/mol. The number of alkyl halides is 1. The van der Waals surface area contributed by atoms with Gasteiger partial charge >= 0.3 is 0 Å². The molecule has 0 saturated carbocycles. The lowest BCUT2D eigenvalue weighted by atomic mass is 10.3. The lowest BCUT2D eigenvalue weighted by Crippen LogP contribution is -2.09. The Morgan fingerprint density at radius 2 is 2.10 bits per heavy atom. The summed E-state index contributed by atoms with van der Waals surface area (Å²) in [7, 11) is 1.92. The number of fused-ring (bicyclic) bond motifs is 1. The number of aryl methyl sites for hydroxylation is 2. The van der Waals surface area contributed by atoms with E-state index < -0.39 is 0 Å². The van der Waals surface area contributed by atoms with Gasteiger partial charge in [-0.3, -0.25) is 0 Å². The van der Waals surface area contributed by atoms with E-state index in [1.165, 1.54) is 0 Å². The second-order valence-corrected chi connectivity index (χ2v) is 5.36. The van der Waals surface area contributed by atoms with Crippen LogP contribution in [0.4, 0.5) is 0 Å². The normalized spacial score (nSPS) is 11.3. The third-order valence-corrected chi connectivity index (χ3v) is 3.64. The summed E-state index contributed by atoms with van der Waals surface area (Å²) in [5.41, 5.74) is 1.90. The van der Waals surface area contributed by atoms with Crippen LogP contribution in [0.2, 0.25) is 5.02 Å². The van der Waals surface area contributed by atoms with E-state index in [4.69, 9.17) is 23.2 Å². The first kappa shape index (κ1) is 13.4. The van der Waals surface area contributed by atoms with Crippen LogP contribution in [0.1, 0.15) is 11.6 Å². The predicted octanol–water partition coefficient (Wildman–Crippen LogP) is 2.65. The number of benzene rings is 1. The van der Waals surface area contributed by atoms with Crippen molar-refractivity contribution in [1.82, 2.24) is 24.3 Å². The molecule has 0 amide bonds. The van der Waals surface area contributed by atoms with E-state index in [1.807, 2.05) is 29.8 Å². The first-order chi connectivity index (χ1) is 9.69. The van der Waals surface area contributed by atoms with Crippen molar-refractivity contribution >= 4 is 34.2 Å². The van der Waals surface area contributed by atoms with Gasteiger partial charge in [-0.1, -0.05) is 11.6 Å². The third kappa shape index (κ3) is 2.39. The van der Waals surface area contributed by atoms with E-state index >= 15 is 0 Å². The number of rotatable bonds is 4. The Hall–Kier alpha value is -1.59. The Balaban J connectivity index is 2.12. The molecule has 2 heterocycles. The quantitative estimate of drug-likeness (QED) is 0.696. The lowest BCUT2D eigenvalue weighted by molar-refractivity contribution is 0.680. The molecule has 3 rings (SSSR count). The Bertz CT molecular complexity index is 746. The van der Waals surface area contributed by atoms with Gasteiger partial charge in [0.1, 0.15) is 12.2 Å². The van der Waals surface area contributed by atoms with Crippen LogP contribution in [0.5, 0.6) is 0 Å². The number of imidazole rings is 1. The standard InChI is InChI=1S/C13H13Cl2N5/c1-19-8-16-18-13(19)7-20-11-6-9(15)2-3-10(11)17-12(20)4-5-14/h2-3,6,8H,4-5,7H2,1H3. The van der Waals surface area contributed by atoms with E-state index in [0.717, 1.165) is 22.7 Å². The summed E-state index contributed by atoms with van der Waals surface area (Å²) in [6.45, 7) is 0.597. The highest BCUT2D eigenvalue weighted by atomic mass is 35.5. The smallest absolute Gasteiger partial charge is 0.152 e. The topological polar surface area (TPSA) is 48.5 Å². The van der Waals surface area contributed by atoms with Crippen molar-refractivity contribution in [2.24, 2.45) is 7.05 Å². The lowest BCUT2D eigenvalue weighted by Gasteiger charge is -2.08. The molecule has 0 fully saturated rings. The van der Waals surface area contributed by atoms with E-state index in [0.29, 0.717) is 23.9 Å². The molecular formula is C13H13Cl2N5. The van der Waals surface area contributed by atoms with Crippen LogP contribution >= 0.6 is 23.2 Å². The maximum Gasteiger partial charge on any atom is 0.152 e. The van der Waals surface area contributed by atoms with Crippen LogP contribution in [-0.4, -0.2) is 30.2 Å². The summed E-state index contributed by atoms with van der Waals surface area (Å²) in [6, 6.07) is 5.68. The summed E-state index contributed by atoms with van der Waals surface area (Å²) in [5, 5.41) is 8.71. The fraction of sp³-hybridized carbons (Fsp3) is 0.308. The molecule has 0 bridgehead atoms. The number of nitrogens with zero attached hydrogens (tertiary/aromatic N) is 5. The third-order valence-electron chi connectivity index (χ3n) is 3.21. The van der Waals surface area contributed by atoms with E-state index in [2.05, 4.69) is 19.7 Å². The molecule has 0 radical (unpaired) electrons. The fourth-order valence-electron chi connectivity index (χ4n) is 2.19. The second kappa shape index (κ2) is 5.42. The molecule has 104 valence electrons. The Labute approximate surface area is 126 Å². The largest absolute Gasteiger partial charge is 0.320 e. The number of aromatic nitrogens is 5. The van der Waals surface area contributed by atoms with Crippen molar-refractivity contribution < 1.29 is 0 Å². The second-order valence-electron chi connectivity index (χ2n) is 4.54. The van der Waals surface area contributed by atoms with Crippen molar-refractivity contribution in [2.75, 3.05) is 5.88 Å². The van der Waals surface area contributed by atoms with Gasteiger partial charge in [-0.2, -0.15) is 0 Å². The van der Waals surface area contributed by atoms with Crippen molar-refractivity contribution in [3.05, 3.63) is 41.2 Å². The molecule has 0 unspecified atom stereocenters. The van der Waals surface area contributed by atoms with Gasteiger partial charge in [-0.05, 0) is 18.2 Å². The first-order valence-electron chi connectivity index (χ1n) is 6.22. The predicted molar refractivity (Wildman–Crippen MR) is 79.3 cm³/mol. The van der Waals surface area contributed by atoms with E-state index in [1.54, 1.807) is 6.33 Å². The minimum atomic E-state index is 0.524. The van der Waals surface area contributed by atoms with Gasteiger partial charge in [0.05, 0.1) is 17.6 Å². The average molecular weight is 310 g/mol. The number of hydrogen-bond donors (Lipinski definition) is 0. The van der Waals surface area contributed by atoms with Gasteiger partial charge in [-0.15, -0.1) is 21.8 Å². The molecule has 5 nitrogen and oxygen atoms in total. The van der Waals surface area contributed by atoms with Crippen LogP contribution < -0.4 is 0 Å². The molecule has 0 N–H and O–H groups in total. The van der Waals surface area contributed by atoms with Gasteiger partial charge in [0.25, 0.3) is 0 Å². The van der Waals surface area contributed by atoms with Crippen molar-refractivity contribution in [1.29, 1.82) is 0 Å². The van der Waals surface area contributed by atoms with Gasteiger partial charge in [-0.25, -0.2) is 4.98 Å². The molecule has 2 aromatic heterocycles. The van der Waals surface area contributed by atoms with Crippen LogP contribution in [0.25, 0.3) is 11.0 Å². The summed E-state index contributed by atoms with van der Waals surface area (Å²) in [5.74, 6) is 2.32. The summed E-state index contributed by atoms with van der Waals surface area (Å²) < 4.78 is 3.98. The van der Waals surface area contributed by atoms with Crippen LogP contribution in [-0.2, 0) is 20.0 Å². The summed E-state index contributed by atoms with van der Waals surface area (Å²) >= 11 is 12.0. The highest BCUT2D eigenvalue weighted by Gasteiger charge is 2.13. The maximum absolute atomic E-state index is 6.09. The minimum absolute atomic E-state index is 0.524. The molecule has 0 spiro atoms. The Kier molecular flexibility index (Phi) is 3.63. The molecule has 7 heteroatoms. The van der Waals surface area contributed by atoms with Crippen molar-refractivity contribution in [3.63, 3.8) is 0 Å². The van der Waals surface area contributed by atoms with Crippen molar-refractivity contribution in [2.45, 2.75) is 13.0 Å². The van der Waals surface area contributed by atoms with Crippen LogP contribution in [0.3, 0.4) is 0 Å². The number of halogens is 2. The van der Waals surface area contributed by atoms with Gasteiger partial charge in [0, 0.05) is 24.4 Å². The van der Waals surface area contributed by atoms with E-state index in [9.17, 15) is 0 Å². The molecular weight excluding hydrogens is 297 g/mol. The molecule has 0 aliphatic carbocycles. The highest BCUT2D eigenvalue weighted by Crippen LogP contribution is 2.22. The molecule has 0 saturated heterocycles. The van der Waals surface area contributed by atoms with Crippen LogP contribution in [0, 0.1) is 0 Å². The molecule has 0 aliphatic heterocycles. The minimum Gasteiger partial charge on any atom is -0.320 e. The molecule has 0 atom stereocenters. The van der Waals surface area contributed by atoms with Crippen molar-refractivity contribution in [3.8, 4) is 0 Å². The van der Waals surface area contributed by atoms with Gasteiger partial charge in [0.15, 0.2) is 5.82 Å². The SMILES string of the molecule is Cn1cnnc1Cn1c(CCCl)nc2ccc(Cl)cc21. The molecule has 0 aliphatic rings. The Morgan fingerprint density at radius 1 is 1.25 bits per heavy atom. The van der Waals surface area contributed by atoms with Gasteiger partial charge in [0.2, 0.25) is 0 Å². The zero-order chi connectivity index (χ0) is 14.1. The fourth-order valence-corrected chi connectivity index (χ4v) is 2.52. The maximum atomic E-state index is 6.09. The number of hydrogen-bond acceptors (Lipinski definition) is 3. The summed E-state index contributed by atoms with van der Waals surface area (Å²) in [6.07, 6.45) is 2.38. The summed E-state index contributed by atoms with van der Waals surface area (Å²) in [4.78, 5) is 4.62. The van der Waals surface area contributed by atoms with Gasteiger partial charge < -0.3 is 9.13 Å². The average Bonchev–Trinajstić information content (AvgIpc) is 2.96.